The largest absolute Gasteiger partial charge is 0.493 e. The Morgan fingerprint density at radius 2 is 2.05 bits per heavy atom. The van der Waals surface area contributed by atoms with E-state index in [1.807, 2.05) is 30.0 Å². The smallest absolute Gasteiger partial charge is 0.257 e. The first-order chi connectivity index (χ1) is 10.7. The zero-order chi connectivity index (χ0) is 15.9. The first-order valence-corrected chi connectivity index (χ1v) is 7.59. The third-order valence-corrected chi connectivity index (χ3v) is 3.73. The highest BCUT2D eigenvalue weighted by atomic mass is 16.5. The van der Waals surface area contributed by atoms with Crippen molar-refractivity contribution in [1.29, 1.82) is 0 Å². The molecule has 1 aromatic rings. The molecular weight excluding hydrogens is 280 g/mol. The molecular formula is C17H22N2O3. The van der Waals surface area contributed by atoms with Gasteiger partial charge in [0, 0.05) is 19.1 Å². The number of hydrogen-bond donors (Lipinski definition) is 1. The highest BCUT2D eigenvalue weighted by Gasteiger charge is 2.25. The molecule has 0 atom stereocenters. The number of hydrogen-bond acceptors (Lipinski definition) is 3. The minimum absolute atomic E-state index is 0.0162. The standard InChI is InChI=1S/C17H22N2O3/c1-3-16(20)18-13-9-11-19(12-10-13)17(21)14-7-5-6-8-15(14)22-4-2/h3,5-8,13H,1,4,9-12H2,2H3,(H,18,20). The molecule has 1 aliphatic rings. The Morgan fingerprint density at radius 1 is 1.36 bits per heavy atom. The van der Waals surface area contributed by atoms with Crippen LogP contribution < -0.4 is 10.1 Å². The fourth-order valence-corrected chi connectivity index (χ4v) is 2.58. The summed E-state index contributed by atoms with van der Waals surface area (Å²) in [6.45, 7) is 7.12. The van der Waals surface area contributed by atoms with Crippen LogP contribution in [0.25, 0.3) is 0 Å². The molecule has 2 rings (SSSR count). The lowest BCUT2D eigenvalue weighted by Gasteiger charge is -2.32. The van der Waals surface area contributed by atoms with E-state index in [4.69, 9.17) is 4.74 Å². The average Bonchev–Trinajstić information content (AvgIpc) is 2.55. The Bertz CT molecular complexity index is 549. The van der Waals surface area contributed by atoms with Crippen LogP contribution in [0.5, 0.6) is 5.75 Å². The summed E-state index contributed by atoms with van der Waals surface area (Å²) in [7, 11) is 0. The van der Waals surface area contributed by atoms with Gasteiger partial charge in [-0.25, -0.2) is 0 Å². The molecule has 0 aliphatic carbocycles. The molecule has 0 saturated carbocycles. The third-order valence-electron chi connectivity index (χ3n) is 3.73. The van der Waals surface area contributed by atoms with Crippen molar-refractivity contribution < 1.29 is 14.3 Å². The molecule has 1 heterocycles. The lowest BCUT2D eigenvalue weighted by molar-refractivity contribution is -0.117. The predicted molar refractivity (Wildman–Crippen MR) is 84.9 cm³/mol. The van der Waals surface area contributed by atoms with Crippen molar-refractivity contribution in [3.05, 3.63) is 42.5 Å². The van der Waals surface area contributed by atoms with E-state index < -0.39 is 0 Å². The van der Waals surface area contributed by atoms with Gasteiger partial charge in [0.15, 0.2) is 0 Å². The van der Waals surface area contributed by atoms with Crippen molar-refractivity contribution in [2.24, 2.45) is 0 Å². The molecule has 0 unspecified atom stereocenters. The van der Waals surface area contributed by atoms with E-state index in [2.05, 4.69) is 11.9 Å². The number of likely N-dealkylation sites (tertiary alicyclic amines) is 1. The summed E-state index contributed by atoms with van der Waals surface area (Å²) in [5.41, 5.74) is 0.595. The molecule has 0 bridgehead atoms. The van der Waals surface area contributed by atoms with Crippen molar-refractivity contribution in [2.45, 2.75) is 25.8 Å². The van der Waals surface area contributed by atoms with Crippen LogP contribution in [0, 0.1) is 0 Å². The predicted octanol–water partition coefficient (Wildman–Crippen LogP) is 1.99. The Morgan fingerprint density at radius 3 is 2.68 bits per heavy atom. The van der Waals surface area contributed by atoms with Gasteiger partial charge in [0.2, 0.25) is 5.91 Å². The average molecular weight is 302 g/mol. The number of benzene rings is 1. The monoisotopic (exact) mass is 302 g/mol. The molecule has 2 amide bonds. The zero-order valence-electron chi connectivity index (χ0n) is 12.9. The minimum Gasteiger partial charge on any atom is -0.493 e. The van der Waals surface area contributed by atoms with E-state index in [1.165, 1.54) is 6.08 Å². The number of carbonyl (C=O) groups excluding carboxylic acids is 2. The maximum absolute atomic E-state index is 12.6. The molecule has 1 fully saturated rings. The quantitative estimate of drug-likeness (QED) is 0.846. The van der Waals surface area contributed by atoms with Gasteiger partial charge < -0.3 is 15.0 Å². The topological polar surface area (TPSA) is 58.6 Å². The van der Waals surface area contributed by atoms with Gasteiger partial charge in [-0.2, -0.15) is 0 Å². The highest BCUT2D eigenvalue weighted by Crippen LogP contribution is 2.22. The van der Waals surface area contributed by atoms with Crippen LogP contribution in [-0.4, -0.2) is 42.5 Å². The minimum atomic E-state index is -0.161. The van der Waals surface area contributed by atoms with Crippen LogP contribution in [0.1, 0.15) is 30.1 Å². The van der Waals surface area contributed by atoms with Crippen LogP contribution in [0.2, 0.25) is 0 Å². The summed E-state index contributed by atoms with van der Waals surface area (Å²) < 4.78 is 5.52. The Kier molecular flexibility index (Phi) is 5.58. The number of carbonyl (C=O) groups is 2. The lowest BCUT2D eigenvalue weighted by atomic mass is 10.0. The second kappa shape index (κ2) is 7.64. The molecule has 118 valence electrons. The molecule has 5 nitrogen and oxygen atoms in total. The van der Waals surface area contributed by atoms with E-state index in [-0.39, 0.29) is 17.9 Å². The third kappa shape index (κ3) is 3.87. The van der Waals surface area contributed by atoms with Crippen LogP contribution in [-0.2, 0) is 4.79 Å². The molecule has 5 heteroatoms. The van der Waals surface area contributed by atoms with E-state index in [0.717, 1.165) is 12.8 Å². The van der Waals surface area contributed by atoms with Crippen LogP contribution in [0.15, 0.2) is 36.9 Å². The molecule has 1 N–H and O–H groups in total. The van der Waals surface area contributed by atoms with Crippen molar-refractivity contribution in [1.82, 2.24) is 10.2 Å². The Hall–Kier alpha value is -2.30. The summed E-state index contributed by atoms with van der Waals surface area (Å²) in [6, 6.07) is 7.41. The van der Waals surface area contributed by atoms with Crippen LogP contribution in [0.3, 0.4) is 0 Å². The molecule has 0 aromatic heterocycles. The molecule has 0 radical (unpaired) electrons. The van der Waals surface area contributed by atoms with E-state index in [1.54, 1.807) is 6.07 Å². The van der Waals surface area contributed by atoms with Crippen LogP contribution in [0.4, 0.5) is 0 Å². The van der Waals surface area contributed by atoms with Gasteiger partial charge in [-0.05, 0) is 38.0 Å². The molecule has 1 aromatic carbocycles. The Labute approximate surface area is 130 Å². The maximum atomic E-state index is 12.6. The summed E-state index contributed by atoms with van der Waals surface area (Å²) in [5.74, 6) is 0.445. The van der Waals surface area contributed by atoms with Gasteiger partial charge in [-0.15, -0.1) is 0 Å². The van der Waals surface area contributed by atoms with Crippen molar-refractivity contribution in [2.75, 3.05) is 19.7 Å². The fourth-order valence-electron chi connectivity index (χ4n) is 2.58. The number of nitrogens with one attached hydrogen (secondary N) is 1. The van der Waals surface area contributed by atoms with Gasteiger partial charge >= 0.3 is 0 Å². The number of nitrogens with zero attached hydrogens (tertiary/aromatic N) is 1. The SMILES string of the molecule is C=CC(=O)NC1CCN(C(=O)c2ccccc2OCC)CC1. The van der Waals surface area contributed by atoms with Crippen molar-refractivity contribution in [3.8, 4) is 5.75 Å². The van der Waals surface area contributed by atoms with E-state index >= 15 is 0 Å². The number of piperidine rings is 1. The molecule has 1 saturated heterocycles. The summed E-state index contributed by atoms with van der Waals surface area (Å²) in [6.07, 6.45) is 2.78. The fraction of sp³-hybridized carbons (Fsp3) is 0.412. The highest BCUT2D eigenvalue weighted by molar-refractivity contribution is 5.97. The molecule has 0 spiro atoms. The number of ether oxygens (including phenoxy) is 1. The van der Waals surface area contributed by atoms with Gasteiger partial charge in [0.25, 0.3) is 5.91 Å². The molecule has 22 heavy (non-hydrogen) atoms. The van der Waals surface area contributed by atoms with Gasteiger partial charge in [-0.1, -0.05) is 18.7 Å². The van der Waals surface area contributed by atoms with Gasteiger partial charge in [0.05, 0.1) is 12.2 Å². The summed E-state index contributed by atoms with van der Waals surface area (Å²) in [5, 5.41) is 2.88. The van der Waals surface area contributed by atoms with E-state index in [0.29, 0.717) is 31.0 Å². The number of rotatable bonds is 5. The normalized spacial score (nSPS) is 15.2. The van der Waals surface area contributed by atoms with Crippen molar-refractivity contribution >= 4 is 11.8 Å². The summed E-state index contributed by atoms with van der Waals surface area (Å²) >= 11 is 0. The Balaban J connectivity index is 1.98. The second-order valence-electron chi connectivity index (χ2n) is 5.21. The van der Waals surface area contributed by atoms with Gasteiger partial charge in [-0.3, -0.25) is 9.59 Å². The lowest BCUT2D eigenvalue weighted by Crippen LogP contribution is -2.46. The maximum Gasteiger partial charge on any atom is 0.257 e. The van der Waals surface area contributed by atoms with Gasteiger partial charge in [0.1, 0.15) is 5.75 Å². The zero-order valence-corrected chi connectivity index (χ0v) is 12.9. The summed E-state index contributed by atoms with van der Waals surface area (Å²) in [4.78, 5) is 25.7. The first kappa shape index (κ1) is 16.1. The second-order valence-corrected chi connectivity index (χ2v) is 5.21. The van der Waals surface area contributed by atoms with Crippen molar-refractivity contribution in [3.63, 3.8) is 0 Å². The first-order valence-electron chi connectivity index (χ1n) is 7.59. The van der Waals surface area contributed by atoms with E-state index in [9.17, 15) is 9.59 Å². The molecule has 1 aliphatic heterocycles. The number of amides is 2. The van der Waals surface area contributed by atoms with Crippen LogP contribution >= 0.6 is 0 Å². The number of para-hydroxylation sites is 1.